The van der Waals surface area contributed by atoms with Crippen molar-refractivity contribution >= 4 is 22.8 Å². The van der Waals surface area contributed by atoms with Crippen LogP contribution < -0.4 is 21.5 Å². The summed E-state index contributed by atoms with van der Waals surface area (Å²) in [6.07, 6.45) is 8.94. The first-order valence-corrected chi connectivity index (χ1v) is 17.6. The molecule has 12 nitrogen and oxygen atoms in total. The third kappa shape index (κ3) is 7.31. The molecule has 2 aromatic heterocycles. The molecule has 7 rings (SSSR count). The number of ether oxygens (including phenoxy) is 1. The lowest BCUT2D eigenvalue weighted by molar-refractivity contribution is -0.140. The minimum absolute atomic E-state index is 0.0347. The number of rotatable bonds is 12. The summed E-state index contributed by atoms with van der Waals surface area (Å²) in [4.78, 5) is 29.7. The number of likely N-dealkylation sites (tertiary alicyclic amines) is 3. The molecule has 5 N–H and O–H groups in total. The number of anilines is 1. The van der Waals surface area contributed by atoms with E-state index in [2.05, 4.69) is 25.1 Å². The molecule has 2 aromatic carbocycles. The Morgan fingerprint density at radius 1 is 0.875 bits per heavy atom. The highest BCUT2D eigenvalue weighted by atomic mass is 16.5. The van der Waals surface area contributed by atoms with Gasteiger partial charge >= 0.3 is 0 Å². The van der Waals surface area contributed by atoms with E-state index in [9.17, 15) is 4.79 Å². The summed E-state index contributed by atoms with van der Waals surface area (Å²) in [5.74, 6) is 1.94. The van der Waals surface area contributed by atoms with Gasteiger partial charge in [-0.2, -0.15) is 5.10 Å². The predicted octanol–water partition coefficient (Wildman–Crippen LogP) is 3.51. The monoisotopic (exact) mass is 652 g/mol. The largest absolute Gasteiger partial charge is 0.457 e. The molecule has 0 radical (unpaired) electrons. The Balaban J connectivity index is 1.05. The number of hydrogen-bond acceptors (Lipinski definition) is 10. The molecule has 3 saturated heterocycles. The summed E-state index contributed by atoms with van der Waals surface area (Å²) in [5, 5.41) is 9.31. The maximum atomic E-state index is 14.0. The van der Waals surface area contributed by atoms with Crippen LogP contribution in [0, 0.1) is 0 Å². The zero-order chi connectivity index (χ0) is 32.9. The number of nitrogens with one attached hydrogen (secondary N) is 1. The lowest BCUT2D eigenvalue weighted by atomic mass is 10.0. The van der Waals surface area contributed by atoms with E-state index < -0.39 is 6.04 Å². The van der Waals surface area contributed by atoms with E-state index >= 15 is 0 Å². The third-order valence-corrected chi connectivity index (χ3v) is 10.00. The lowest BCUT2D eigenvalue weighted by Crippen LogP contribution is -2.63. The third-order valence-electron chi connectivity index (χ3n) is 10.00. The Bertz CT molecular complexity index is 1640. The highest BCUT2D eigenvalue weighted by Crippen LogP contribution is 2.35. The van der Waals surface area contributed by atoms with Gasteiger partial charge in [-0.15, -0.1) is 0 Å². The Morgan fingerprint density at radius 2 is 1.54 bits per heavy atom. The molecular formula is C36H48N10O2. The Hall–Kier alpha value is -4.10. The van der Waals surface area contributed by atoms with Gasteiger partial charge in [0, 0.05) is 44.3 Å². The van der Waals surface area contributed by atoms with Crippen LogP contribution in [-0.2, 0) is 4.79 Å². The fraction of sp³-hybridized carbons (Fsp3) is 0.500. The Morgan fingerprint density at radius 3 is 2.25 bits per heavy atom. The van der Waals surface area contributed by atoms with Crippen LogP contribution in [0.1, 0.15) is 44.6 Å². The molecule has 3 aliphatic rings. The van der Waals surface area contributed by atoms with E-state index in [1.165, 1.54) is 44.9 Å². The second-order valence-electron chi connectivity index (χ2n) is 13.4. The van der Waals surface area contributed by atoms with Crippen molar-refractivity contribution in [1.82, 2.24) is 39.8 Å². The first-order chi connectivity index (χ1) is 23.5. The van der Waals surface area contributed by atoms with Gasteiger partial charge in [0.1, 0.15) is 35.4 Å². The highest BCUT2D eigenvalue weighted by molar-refractivity contribution is 5.98. The van der Waals surface area contributed by atoms with E-state index in [0.717, 1.165) is 62.9 Å². The molecule has 254 valence electrons. The first-order valence-electron chi connectivity index (χ1n) is 17.6. The molecule has 12 heteroatoms. The van der Waals surface area contributed by atoms with Crippen LogP contribution in [0.15, 0.2) is 60.9 Å². The second kappa shape index (κ2) is 15.0. The van der Waals surface area contributed by atoms with E-state index in [0.29, 0.717) is 35.6 Å². The minimum Gasteiger partial charge on any atom is -0.457 e. The van der Waals surface area contributed by atoms with Gasteiger partial charge < -0.3 is 36.2 Å². The normalized spacial score (nSPS) is 19.2. The molecule has 3 fully saturated rings. The van der Waals surface area contributed by atoms with Gasteiger partial charge in [-0.3, -0.25) is 4.79 Å². The van der Waals surface area contributed by atoms with Crippen LogP contribution >= 0.6 is 0 Å². The van der Waals surface area contributed by atoms with Gasteiger partial charge in [0.25, 0.3) is 0 Å². The average Bonchev–Trinajstić information content (AvgIpc) is 3.48. The number of fused-ring (bicyclic) bond motifs is 1. The number of aromatic nitrogens is 4. The molecule has 3 aliphatic heterocycles. The summed E-state index contributed by atoms with van der Waals surface area (Å²) >= 11 is 0. The van der Waals surface area contributed by atoms with Gasteiger partial charge in [0.2, 0.25) is 5.91 Å². The highest BCUT2D eigenvalue weighted by Gasteiger charge is 2.39. The molecular weight excluding hydrogens is 604 g/mol. The first kappa shape index (κ1) is 32.4. The predicted molar refractivity (Wildman–Crippen MR) is 188 cm³/mol. The summed E-state index contributed by atoms with van der Waals surface area (Å²) in [5.41, 5.74) is 15.5. The van der Waals surface area contributed by atoms with Crippen LogP contribution in [0.5, 0.6) is 11.5 Å². The van der Waals surface area contributed by atoms with Crippen molar-refractivity contribution in [3.63, 3.8) is 0 Å². The van der Waals surface area contributed by atoms with Crippen molar-refractivity contribution in [3.05, 3.63) is 60.9 Å². The Kier molecular flexibility index (Phi) is 10.1. The van der Waals surface area contributed by atoms with Gasteiger partial charge in [0.15, 0.2) is 5.65 Å². The summed E-state index contributed by atoms with van der Waals surface area (Å²) in [6, 6.07) is 16.7. The fourth-order valence-corrected chi connectivity index (χ4v) is 7.27. The van der Waals surface area contributed by atoms with Crippen LogP contribution in [0.3, 0.4) is 0 Å². The molecule has 48 heavy (non-hydrogen) atoms. The number of nitrogens with zero attached hydrogens (tertiary/aromatic N) is 7. The van der Waals surface area contributed by atoms with Crippen LogP contribution in [0.25, 0.3) is 22.3 Å². The molecule has 5 heterocycles. The number of nitrogen functional groups attached to an aromatic ring is 1. The number of carbonyl (C=O) groups excluding carboxylic acids is 1. The van der Waals surface area contributed by atoms with Crippen molar-refractivity contribution in [2.75, 3.05) is 64.6 Å². The maximum absolute atomic E-state index is 14.0. The van der Waals surface area contributed by atoms with Crippen molar-refractivity contribution in [2.45, 2.75) is 56.7 Å². The number of para-hydroxylation sites is 1. The molecule has 0 saturated carbocycles. The van der Waals surface area contributed by atoms with Crippen LogP contribution in [0.2, 0.25) is 0 Å². The summed E-state index contributed by atoms with van der Waals surface area (Å²) < 4.78 is 7.90. The molecule has 2 unspecified atom stereocenters. The van der Waals surface area contributed by atoms with Gasteiger partial charge in [-0.1, -0.05) is 31.0 Å². The molecule has 4 aromatic rings. The molecule has 0 aliphatic carbocycles. The van der Waals surface area contributed by atoms with Crippen LogP contribution in [-0.4, -0.2) is 111 Å². The minimum atomic E-state index is -0.433. The van der Waals surface area contributed by atoms with Crippen molar-refractivity contribution < 1.29 is 9.53 Å². The maximum Gasteiger partial charge on any atom is 0.241 e. The number of benzene rings is 2. The fourth-order valence-electron chi connectivity index (χ4n) is 7.27. The molecule has 1 amide bonds. The average molecular weight is 653 g/mol. The smallest absolute Gasteiger partial charge is 0.241 e. The van der Waals surface area contributed by atoms with Gasteiger partial charge in [-0.25, -0.2) is 14.6 Å². The number of hydrogen-bond donors (Lipinski definition) is 3. The molecule has 0 spiro atoms. The lowest BCUT2D eigenvalue weighted by Gasteiger charge is -2.42. The van der Waals surface area contributed by atoms with Crippen molar-refractivity contribution in [2.24, 2.45) is 5.73 Å². The zero-order valence-electron chi connectivity index (χ0n) is 27.7. The van der Waals surface area contributed by atoms with Crippen LogP contribution in [0.4, 0.5) is 5.82 Å². The summed E-state index contributed by atoms with van der Waals surface area (Å²) in [7, 11) is 0. The number of amides is 1. The quantitative estimate of drug-likeness (QED) is 0.208. The van der Waals surface area contributed by atoms with Gasteiger partial charge in [0.05, 0.1) is 11.4 Å². The summed E-state index contributed by atoms with van der Waals surface area (Å²) in [6.45, 7) is 7.84. The second-order valence-corrected chi connectivity index (χ2v) is 13.4. The zero-order valence-corrected chi connectivity index (χ0v) is 27.7. The SMILES string of the molecule is Nc1ncnc2c1c(-c1ccc(Oc3ccccc3)cc1)nn2C1CN(C(=O)C(NCCN2CCCCC2)C(N)CN2CCCCC2)C1. The Labute approximate surface area is 282 Å². The topological polar surface area (TPSA) is 144 Å². The number of nitrogens with two attached hydrogens (primary N) is 2. The van der Waals surface area contributed by atoms with Gasteiger partial charge in [-0.05, 0) is 88.3 Å². The molecule has 0 bridgehead atoms. The standard InChI is InChI=1S/C36H48N10O2/c37-30(24-44-19-8-3-9-20-44)33(39-16-21-43-17-6-2-7-18-43)36(47)45-22-27(23-45)46-35-31(34(38)40-25-41-35)32(42-46)26-12-14-29(15-13-26)48-28-10-4-1-5-11-28/h1,4-5,10-15,25,27,30,33,39H,2-3,6-9,16-24,37H2,(H2,38,40,41). The van der Waals surface area contributed by atoms with E-state index in [1.54, 1.807) is 0 Å². The van der Waals surface area contributed by atoms with Crippen molar-refractivity contribution in [1.29, 1.82) is 0 Å². The van der Waals surface area contributed by atoms with E-state index in [4.69, 9.17) is 21.3 Å². The van der Waals surface area contributed by atoms with E-state index in [1.807, 2.05) is 64.2 Å². The number of piperidine rings is 2. The number of carbonyl (C=O) groups is 1. The van der Waals surface area contributed by atoms with E-state index in [-0.39, 0.29) is 18.0 Å². The molecule has 2 atom stereocenters. The van der Waals surface area contributed by atoms with Crippen molar-refractivity contribution in [3.8, 4) is 22.8 Å².